The Bertz CT molecular complexity index is 854. The maximum absolute atomic E-state index is 13.0. The van der Waals surface area contributed by atoms with Crippen LogP contribution in [-0.2, 0) is 15.7 Å². The molecule has 0 saturated heterocycles. The predicted molar refractivity (Wildman–Crippen MR) is 97.8 cm³/mol. The van der Waals surface area contributed by atoms with Crippen molar-refractivity contribution in [3.8, 4) is 5.75 Å². The molecule has 0 aliphatic carbocycles. The van der Waals surface area contributed by atoms with Crippen LogP contribution >= 0.6 is 11.3 Å². The first kappa shape index (κ1) is 21.6. The van der Waals surface area contributed by atoms with Gasteiger partial charge in [-0.25, -0.2) is 4.98 Å². The minimum absolute atomic E-state index is 0.0537. The highest BCUT2D eigenvalue weighted by atomic mass is 32.1. The lowest BCUT2D eigenvalue weighted by Gasteiger charge is -2.18. The third-order valence-corrected chi connectivity index (χ3v) is 4.06. The fourth-order valence-electron chi connectivity index (χ4n) is 2.16. The van der Waals surface area contributed by atoms with Gasteiger partial charge in [0.1, 0.15) is 17.5 Å². The topological polar surface area (TPSA) is 89.5 Å². The van der Waals surface area contributed by atoms with E-state index in [0.717, 1.165) is 29.5 Å². The molecule has 1 unspecified atom stereocenters. The molecule has 0 fully saturated rings. The molecule has 0 aliphatic rings. The maximum atomic E-state index is 13.0. The van der Waals surface area contributed by atoms with Gasteiger partial charge >= 0.3 is 6.18 Å². The van der Waals surface area contributed by atoms with Crippen LogP contribution in [0.25, 0.3) is 0 Å². The van der Waals surface area contributed by atoms with E-state index in [-0.39, 0.29) is 34.8 Å². The van der Waals surface area contributed by atoms with Gasteiger partial charge in [-0.15, -0.1) is 11.3 Å². The van der Waals surface area contributed by atoms with Crippen LogP contribution < -0.4 is 15.4 Å². The number of nitrogens with zero attached hydrogens (tertiary/aromatic N) is 1. The number of carbonyl (C=O) groups is 2. The van der Waals surface area contributed by atoms with E-state index < -0.39 is 23.8 Å². The number of carbonyl (C=O) groups excluding carboxylic acids is 2. The summed E-state index contributed by atoms with van der Waals surface area (Å²) in [6, 6.07) is 2.78. The van der Waals surface area contributed by atoms with Gasteiger partial charge in [-0.2, -0.15) is 13.2 Å². The third-order valence-electron chi connectivity index (χ3n) is 3.30. The molecular formula is C17H18F3N3O4S. The summed E-state index contributed by atoms with van der Waals surface area (Å²) in [6.45, 7) is 3.17. The zero-order chi connectivity index (χ0) is 20.9. The number of alkyl halides is 3. The first-order valence-corrected chi connectivity index (χ1v) is 8.89. The summed E-state index contributed by atoms with van der Waals surface area (Å²) in [5.74, 6) is -1.04. The average Bonchev–Trinajstić information content (AvgIpc) is 3.03. The van der Waals surface area contributed by atoms with Gasteiger partial charge in [0, 0.05) is 19.4 Å². The number of rotatable bonds is 7. The Morgan fingerprint density at radius 3 is 2.61 bits per heavy atom. The molecular weight excluding hydrogens is 399 g/mol. The van der Waals surface area contributed by atoms with Crippen molar-refractivity contribution in [1.29, 1.82) is 0 Å². The number of hydrogen-bond acceptors (Lipinski definition) is 6. The van der Waals surface area contributed by atoms with E-state index in [9.17, 15) is 22.8 Å². The van der Waals surface area contributed by atoms with Gasteiger partial charge < -0.3 is 20.1 Å². The van der Waals surface area contributed by atoms with Crippen molar-refractivity contribution in [2.45, 2.75) is 26.1 Å². The lowest BCUT2D eigenvalue weighted by atomic mass is 10.1. The summed E-state index contributed by atoms with van der Waals surface area (Å²) >= 11 is 1.01. The maximum Gasteiger partial charge on any atom is 0.416 e. The van der Waals surface area contributed by atoms with E-state index in [0.29, 0.717) is 0 Å². The number of thiazole rings is 1. The lowest BCUT2D eigenvalue weighted by molar-refractivity contribution is -0.137. The highest BCUT2D eigenvalue weighted by Gasteiger charge is 2.31. The van der Waals surface area contributed by atoms with Crippen molar-refractivity contribution in [2.75, 3.05) is 24.4 Å². The highest BCUT2D eigenvalue weighted by Crippen LogP contribution is 2.35. The van der Waals surface area contributed by atoms with Gasteiger partial charge in [-0.3, -0.25) is 9.59 Å². The van der Waals surface area contributed by atoms with Gasteiger partial charge in [0.15, 0.2) is 5.13 Å². The van der Waals surface area contributed by atoms with Gasteiger partial charge in [0.05, 0.1) is 17.9 Å². The molecule has 1 aromatic heterocycles. The van der Waals surface area contributed by atoms with Crippen LogP contribution in [-0.4, -0.2) is 36.6 Å². The Morgan fingerprint density at radius 1 is 1.29 bits per heavy atom. The standard InChI is InChI=1S/C17H18F3N3O4S/c1-9(7-26-3)27-14-5-4-11(17(18,19)20)6-12(14)22-15(25)13-8-28-16(23-13)21-10(2)24/h4-6,8-9H,7H2,1-3H3,(H,22,25)(H,21,23,24). The van der Waals surface area contributed by atoms with Crippen LogP contribution in [0, 0.1) is 0 Å². The first-order chi connectivity index (χ1) is 13.1. The molecule has 1 heterocycles. The molecule has 0 saturated carbocycles. The molecule has 1 atom stereocenters. The van der Waals surface area contributed by atoms with Crippen LogP contribution in [0.4, 0.5) is 24.0 Å². The summed E-state index contributed by atoms with van der Waals surface area (Å²) in [4.78, 5) is 27.4. The Labute approximate surface area is 162 Å². The van der Waals surface area contributed by atoms with E-state index in [4.69, 9.17) is 9.47 Å². The fraction of sp³-hybridized carbons (Fsp3) is 0.353. The largest absolute Gasteiger partial charge is 0.486 e. The molecule has 2 N–H and O–H groups in total. The third kappa shape index (κ3) is 5.92. The second kappa shape index (κ2) is 9.02. The number of hydrogen-bond donors (Lipinski definition) is 2. The molecule has 1 aromatic carbocycles. The summed E-state index contributed by atoms with van der Waals surface area (Å²) in [6.07, 6.45) is -5.04. The predicted octanol–water partition coefficient (Wildman–Crippen LogP) is 3.79. The van der Waals surface area contributed by atoms with Crippen LogP contribution in [0.1, 0.15) is 29.9 Å². The van der Waals surface area contributed by atoms with Gasteiger partial charge in [-0.1, -0.05) is 0 Å². The Hall–Kier alpha value is -2.66. The SMILES string of the molecule is COCC(C)Oc1ccc(C(F)(F)F)cc1NC(=O)c1csc(NC(C)=O)n1. The van der Waals surface area contributed by atoms with Crippen molar-refractivity contribution in [1.82, 2.24) is 4.98 Å². The second-order valence-electron chi connectivity index (χ2n) is 5.77. The van der Waals surface area contributed by atoms with Crippen molar-refractivity contribution < 1.29 is 32.2 Å². The van der Waals surface area contributed by atoms with Crippen LogP contribution in [0.15, 0.2) is 23.6 Å². The van der Waals surface area contributed by atoms with Crippen LogP contribution in [0.2, 0.25) is 0 Å². The number of benzene rings is 1. The van der Waals surface area contributed by atoms with E-state index >= 15 is 0 Å². The minimum atomic E-state index is -4.59. The first-order valence-electron chi connectivity index (χ1n) is 8.01. The number of methoxy groups -OCH3 is 1. The molecule has 11 heteroatoms. The fourth-order valence-corrected chi connectivity index (χ4v) is 2.90. The van der Waals surface area contributed by atoms with Gasteiger partial charge in [0.2, 0.25) is 5.91 Å². The number of aromatic nitrogens is 1. The molecule has 7 nitrogen and oxygen atoms in total. The summed E-state index contributed by atoms with van der Waals surface area (Å²) < 4.78 is 49.6. The Kier molecular flexibility index (Phi) is 6.97. The zero-order valence-electron chi connectivity index (χ0n) is 15.2. The van der Waals surface area contributed by atoms with E-state index in [2.05, 4.69) is 15.6 Å². The molecule has 0 aliphatic heterocycles. The van der Waals surface area contributed by atoms with Crippen molar-refractivity contribution in [3.05, 3.63) is 34.8 Å². The number of ether oxygens (including phenoxy) is 2. The molecule has 0 spiro atoms. The van der Waals surface area contributed by atoms with Crippen molar-refractivity contribution in [3.63, 3.8) is 0 Å². The Morgan fingerprint density at radius 2 is 2.00 bits per heavy atom. The Balaban J connectivity index is 2.28. The monoisotopic (exact) mass is 417 g/mol. The van der Waals surface area contributed by atoms with Gasteiger partial charge in [0.25, 0.3) is 5.91 Å². The number of nitrogens with one attached hydrogen (secondary N) is 2. The highest BCUT2D eigenvalue weighted by molar-refractivity contribution is 7.14. The second-order valence-corrected chi connectivity index (χ2v) is 6.62. The summed E-state index contributed by atoms with van der Waals surface area (Å²) in [7, 11) is 1.46. The lowest BCUT2D eigenvalue weighted by Crippen LogP contribution is -2.20. The summed E-state index contributed by atoms with van der Waals surface area (Å²) in [5.41, 5.74) is -1.15. The molecule has 2 amide bonds. The molecule has 152 valence electrons. The van der Waals surface area contributed by atoms with E-state index in [1.165, 1.54) is 19.4 Å². The van der Waals surface area contributed by atoms with Crippen molar-refractivity contribution in [2.24, 2.45) is 0 Å². The average molecular weight is 417 g/mol. The normalized spacial score (nSPS) is 12.4. The zero-order valence-corrected chi connectivity index (χ0v) is 16.0. The van der Waals surface area contributed by atoms with Crippen LogP contribution in [0.3, 0.4) is 0 Å². The molecule has 0 radical (unpaired) electrons. The van der Waals surface area contributed by atoms with Gasteiger partial charge in [-0.05, 0) is 25.1 Å². The molecule has 0 bridgehead atoms. The molecule has 2 rings (SSSR count). The smallest absolute Gasteiger partial charge is 0.416 e. The number of anilines is 2. The quantitative estimate of drug-likeness (QED) is 0.716. The van der Waals surface area contributed by atoms with Crippen LogP contribution in [0.5, 0.6) is 5.75 Å². The number of amides is 2. The summed E-state index contributed by atoms with van der Waals surface area (Å²) in [5, 5.41) is 6.38. The minimum Gasteiger partial charge on any atom is -0.486 e. The van der Waals surface area contributed by atoms with E-state index in [1.807, 2.05) is 0 Å². The number of halogens is 3. The van der Waals surface area contributed by atoms with E-state index in [1.54, 1.807) is 6.92 Å². The molecule has 28 heavy (non-hydrogen) atoms. The van der Waals surface area contributed by atoms with Crippen molar-refractivity contribution >= 4 is 34.0 Å². The molecule has 2 aromatic rings.